The number of benzene rings is 2. The van der Waals surface area contributed by atoms with E-state index in [-0.39, 0.29) is 17.8 Å². The lowest BCUT2D eigenvalue weighted by Gasteiger charge is -2.20. The van der Waals surface area contributed by atoms with Crippen molar-refractivity contribution in [3.05, 3.63) is 58.9 Å². The van der Waals surface area contributed by atoms with Crippen molar-refractivity contribution in [3.8, 4) is 11.5 Å². The molecule has 1 aliphatic carbocycles. The summed E-state index contributed by atoms with van der Waals surface area (Å²) in [6.07, 6.45) is 2.11. The summed E-state index contributed by atoms with van der Waals surface area (Å²) < 4.78 is 18.9. The van der Waals surface area contributed by atoms with Gasteiger partial charge < -0.3 is 15.4 Å². The van der Waals surface area contributed by atoms with Gasteiger partial charge >= 0.3 is 0 Å². The molecule has 2 aromatic rings. The second-order valence-electron chi connectivity index (χ2n) is 7.07. The van der Waals surface area contributed by atoms with Gasteiger partial charge in [0.15, 0.2) is 0 Å². The quantitative estimate of drug-likeness (QED) is 0.880. The summed E-state index contributed by atoms with van der Waals surface area (Å²) in [5.41, 5.74) is 6.59. The second kappa shape index (κ2) is 6.89. The monoisotopic (exact) mass is 374 g/mol. The van der Waals surface area contributed by atoms with Crippen LogP contribution in [0.15, 0.2) is 42.5 Å². The van der Waals surface area contributed by atoms with Crippen molar-refractivity contribution in [1.29, 1.82) is 0 Å². The molecule has 1 amide bonds. The highest BCUT2D eigenvalue weighted by Gasteiger charge is 2.43. The van der Waals surface area contributed by atoms with Gasteiger partial charge in [-0.1, -0.05) is 11.6 Å². The Labute approximate surface area is 156 Å². The van der Waals surface area contributed by atoms with Gasteiger partial charge in [-0.3, -0.25) is 4.79 Å². The number of nitrogens with zero attached hydrogens (tertiary/aromatic N) is 1. The maximum atomic E-state index is 13.1. The van der Waals surface area contributed by atoms with Gasteiger partial charge in [0.1, 0.15) is 17.3 Å². The van der Waals surface area contributed by atoms with Gasteiger partial charge in [-0.15, -0.1) is 0 Å². The molecule has 2 aromatic carbocycles. The number of rotatable bonds is 3. The average Bonchev–Trinajstić information content (AvgIpc) is 3.20. The maximum absolute atomic E-state index is 13.1. The number of carbonyl (C=O) groups excluding carboxylic acids is 1. The maximum Gasteiger partial charge on any atom is 0.257 e. The van der Waals surface area contributed by atoms with E-state index in [4.69, 9.17) is 22.1 Å². The van der Waals surface area contributed by atoms with Crippen LogP contribution in [0.4, 0.5) is 4.39 Å². The summed E-state index contributed by atoms with van der Waals surface area (Å²) in [6, 6.07) is 10.8. The summed E-state index contributed by atoms with van der Waals surface area (Å²) in [4.78, 5) is 14.9. The Morgan fingerprint density at radius 2 is 1.92 bits per heavy atom. The molecule has 2 fully saturated rings. The van der Waals surface area contributed by atoms with Crippen LogP contribution in [0.2, 0.25) is 5.02 Å². The molecule has 4 nitrogen and oxygen atoms in total. The first-order valence-corrected chi connectivity index (χ1v) is 9.17. The molecule has 2 aliphatic rings. The van der Waals surface area contributed by atoms with Crippen LogP contribution in [0.5, 0.6) is 11.5 Å². The van der Waals surface area contributed by atoms with Crippen molar-refractivity contribution in [2.45, 2.75) is 18.9 Å². The van der Waals surface area contributed by atoms with Gasteiger partial charge in [-0.2, -0.15) is 0 Å². The molecular formula is C20H20ClFN2O2. The molecule has 1 aliphatic heterocycles. The number of amides is 1. The van der Waals surface area contributed by atoms with E-state index in [1.165, 1.54) is 24.3 Å². The zero-order chi connectivity index (χ0) is 18.3. The molecule has 136 valence electrons. The van der Waals surface area contributed by atoms with Crippen LogP contribution < -0.4 is 10.5 Å². The third-order valence-electron chi connectivity index (χ3n) is 5.41. The minimum absolute atomic E-state index is 0.105. The lowest BCUT2D eigenvalue weighted by molar-refractivity contribution is 0.0777. The Morgan fingerprint density at radius 3 is 2.65 bits per heavy atom. The summed E-state index contributed by atoms with van der Waals surface area (Å²) in [6.45, 7) is 1.40. The number of nitrogens with two attached hydrogens (primary N) is 1. The standard InChI is InChI=1S/C20H20ClFN2O2/c21-13-2-8-19(26-15-5-3-14(22)4-6-15)16(9-13)20(25)24-10-12-1-7-18(23)17(12)11-24/h2-6,8-9,12,17-18H,1,7,10-11,23H2. The predicted octanol–water partition coefficient (Wildman–Crippen LogP) is 4.08. The average molecular weight is 375 g/mol. The van der Waals surface area contributed by atoms with E-state index in [9.17, 15) is 9.18 Å². The van der Waals surface area contributed by atoms with Crippen molar-refractivity contribution in [2.24, 2.45) is 17.6 Å². The van der Waals surface area contributed by atoms with Crippen molar-refractivity contribution in [3.63, 3.8) is 0 Å². The molecule has 26 heavy (non-hydrogen) atoms. The lowest BCUT2D eigenvalue weighted by Crippen LogP contribution is -2.33. The smallest absolute Gasteiger partial charge is 0.257 e. The van der Waals surface area contributed by atoms with Gasteiger partial charge in [-0.05, 0) is 67.1 Å². The summed E-state index contributed by atoms with van der Waals surface area (Å²) in [7, 11) is 0. The SMILES string of the molecule is NC1CCC2CN(C(=O)c3cc(Cl)ccc3Oc3ccc(F)cc3)CC12. The van der Waals surface area contributed by atoms with Gasteiger partial charge in [0.25, 0.3) is 5.91 Å². The number of likely N-dealkylation sites (tertiary alicyclic amines) is 1. The first-order valence-electron chi connectivity index (χ1n) is 8.79. The Balaban J connectivity index is 1.58. The molecular weight excluding hydrogens is 355 g/mol. The minimum Gasteiger partial charge on any atom is -0.457 e. The molecule has 0 spiro atoms. The number of hydrogen-bond acceptors (Lipinski definition) is 3. The molecule has 6 heteroatoms. The van der Waals surface area contributed by atoms with Gasteiger partial charge in [0.05, 0.1) is 5.56 Å². The van der Waals surface area contributed by atoms with Crippen LogP contribution in [0.25, 0.3) is 0 Å². The van der Waals surface area contributed by atoms with E-state index in [0.29, 0.717) is 40.5 Å². The summed E-state index contributed by atoms with van der Waals surface area (Å²) in [5, 5.41) is 0.468. The molecule has 2 N–H and O–H groups in total. The number of fused-ring (bicyclic) bond motifs is 1. The van der Waals surface area contributed by atoms with Gasteiger partial charge in [-0.25, -0.2) is 4.39 Å². The van der Waals surface area contributed by atoms with E-state index in [1.54, 1.807) is 18.2 Å². The van der Waals surface area contributed by atoms with E-state index < -0.39 is 0 Å². The molecule has 1 saturated carbocycles. The van der Waals surface area contributed by atoms with Crippen molar-refractivity contribution >= 4 is 17.5 Å². The fourth-order valence-corrected chi connectivity index (χ4v) is 4.20. The summed E-state index contributed by atoms with van der Waals surface area (Å²) >= 11 is 6.11. The number of hydrogen-bond donors (Lipinski definition) is 1. The molecule has 3 atom stereocenters. The minimum atomic E-state index is -0.343. The van der Waals surface area contributed by atoms with Crippen molar-refractivity contribution < 1.29 is 13.9 Å². The molecule has 0 bridgehead atoms. The Morgan fingerprint density at radius 1 is 1.15 bits per heavy atom. The first-order chi connectivity index (χ1) is 12.5. The zero-order valence-corrected chi connectivity index (χ0v) is 15.0. The van der Waals surface area contributed by atoms with Gasteiger partial charge in [0.2, 0.25) is 0 Å². The predicted molar refractivity (Wildman–Crippen MR) is 98.0 cm³/mol. The van der Waals surface area contributed by atoms with Crippen molar-refractivity contribution in [2.75, 3.05) is 13.1 Å². The van der Waals surface area contributed by atoms with Crippen molar-refractivity contribution in [1.82, 2.24) is 4.90 Å². The van der Waals surface area contributed by atoms with Crippen LogP contribution >= 0.6 is 11.6 Å². The van der Waals surface area contributed by atoms with Crippen LogP contribution in [-0.4, -0.2) is 29.9 Å². The normalized spacial score (nSPS) is 24.6. The largest absolute Gasteiger partial charge is 0.457 e. The van der Waals surface area contributed by atoms with E-state index in [2.05, 4.69) is 0 Å². The molecule has 1 heterocycles. The van der Waals surface area contributed by atoms with Crippen LogP contribution in [0.3, 0.4) is 0 Å². The topological polar surface area (TPSA) is 55.6 Å². The highest BCUT2D eigenvalue weighted by Crippen LogP contribution is 2.38. The van der Waals surface area contributed by atoms with Gasteiger partial charge in [0, 0.05) is 24.2 Å². The van der Waals surface area contributed by atoms with Crippen LogP contribution in [0.1, 0.15) is 23.2 Å². The zero-order valence-electron chi connectivity index (χ0n) is 14.2. The highest BCUT2D eigenvalue weighted by atomic mass is 35.5. The Bertz CT molecular complexity index is 827. The van der Waals surface area contributed by atoms with E-state index in [1.807, 2.05) is 4.90 Å². The molecule has 1 saturated heterocycles. The molecule has 0 aromatic heterocycles. The molecule has 0 radical (unpaired) electrons. The number of halogens is 2. The second-order valence-corrected chi connectivity index (χ2v) is 7.51. The Kier molecular flexibility index (Phi) is 4.59. The van der Waals surface area contributed by atoms with Crippen LogP contribution in [-0.2, 0) is 0 Å². The first kappa shape index (κ1) is 17.3. The van der Waals surface area contributed by atoms with Crippen LogP contribution in [0, 0.1) is 17.7 Å². The molecule has 4 rings (SSSR count). The lowest BCUT2D eigenvalue weighted by atomic mass is 9.98. The number of ether oxygens (including phenoxy) is 1. The highest BCUT2D eigenvalue weighted by molar-refractivity contribution is 6.31. The van der Waals surface area contributed by atoms with E-state index in [0.717, 1.165) is 19.4 Å². The molecule has 3 unspecified atom stereocenters. The third kappa shape index (κ3) is 3.29. The third-order valence-corrected chi connectivity index (χ3v) is 5.65. The Hall–Kier alpha value is -2.11. The van der Waals surface area contributed by atoms with E-state index >= 15 is 0 Å². The fraction of sp³-hybridized carbons (Fsp3) is 0.350. The fourth-order valence-electron chi connectivity index (χ4n) is 4.03. The summed E-state index contributed by atoms with van der Waals surface area (Å²) in [5.74, 6) is 1.28. The number of carbonyl (C=O) groups is 1.